The lowest BCUT2D eigenvalue weighted by Gasteiger charge is -2.22. The van der Waals surface area contributed by atoms with E-state index in [9.17, 15) is 8.42 Å². The van der Waals surface area contributed by atoms with Gasteiger partial charge in [0.05, 0.1) is 4.90 Å². The van der Waals surface area contributed by atoms with Gasteiger partial charge in [-0.25, -0.2) is 8.42 Å². The first-order valence-electron chi connectivity index (χ1n) is 6.11. The van der Waals surface area contributed by atoms with Crippen LogP contribution in [-0.2, 0) is 10.0 Å². The molecule has 0 amide bonds. The van der Waals surface area contributed by atoms with Crippen LogP contribution < -0.4 is 0 Å². The summed E-state index contributed by atoms with van der Waals surface area (Å²) in [7, 11) is -3.32. The molecule has 1 saturated heterocycles. The first kappa shape index (κ1) is 13.9. The average Bonchev–Trinajstić information content (AvgIpc) is 2.52. The van der Waals surface area contributed by atoms with Gasteiger partial charge in [-0.1, -0.05) is 32.0 Å². The Labute approximate surface area is 114 Å². The smallest absolute Gasteiger partial charge is 0.207 e. The van der Waals surface area contributed by atoms with E-state index in [0.717, 1.165) is 12.2 Å². The molecule has 0 spiro atoms. The summed E-state index contributed by atoms with van der Waals surface area (Å²) in [5.41, 5.74) is 0. The second kappa shape index (κ2) is 5.23. The van der Waals surface area contributed by atoms with Gasteiger partial charge in [-0.3, -0.25) is 0 Å². The number of benzene rings is 1. The highest BCUT2D eigenvalue weighted by atomic mass is 32.2. The minimum absolute atomic E-state index is 0.168. The summed E-state index contributed by atoms with van der Waals surface area (Å²) in [4.78, 5) is 0.398. The Bertz CT molecular complexity index is 497. The minimum atomic E-state index is -3.32. The molecule has 2 rings (SSSR count). The van der Waals surface area contributed by atoms with E-state index in [1.165, 1.54) is 0 Å². The fourth-order valence-corrected chi connectivity index (χ4v) is 4.66. The summed E-state index contributed by atoms with van der Waals surface area (Å²) < 4.78 is 26.7. The maximum atomic E-state index is 12.5. The zero-order valence-corrected chi connectivity index (χ0v) is 12.4. The molecule has 1 aliphatic rings. The Morgan fingerprint density at radius 2 is 1.83 bits per heavy atom. The van der Waals surface area contributed by atoms with Crippen LogP contribution in [-0.4, -0.2) is 36.3 Å². The molecule has 3 nitrogen and oxygen atoms in total. The normalized spacial score (nSPS) is 21.4. The Hall–Kier alpha value is -0.520. The zero-order valence-electron chi connectivity index (χ0n) is 10.8. The van der Waals surface area contributed by atoms with Crippen molar-refractivity contribution >= 4 is 21.8 Å². The molecule has 1 heterocycles. The molecule has 1 fully saturated rings. The molecule has 5 heteroatoms. The second-order valence-corrected chi connectivity index (χ2v) is 8.82. The van der Waals surface area contributed by atoms with E-state index in [4.69, 9.17) is 0 Å². The van der Waals surface area contributed by atoms with Crippen LogP contribution in [0.3, 0.4) is 0 Å². The van der Waals surface area contributed by atoms with Crippen LogP contribution in [0.2, 0.25) is 0 Å². The van der Waals surface area contributed by atoms with Gasteiger partial charge in [-0.05, 0) is 18.6 Å². The van der Waals surface area contributed by atoms with Crippen molar-refractivity contribution in [2.75, 3.05) is 18.8 Å². The van der Waals surface area contributed by atoms with Gasteiger partial charge in [-0.2, -0.15) is 16.1 Å². The Morgan fingerprint density at radius 3 is 2.50 bits per heavy atom. The molecule has 0 aliphatic carbocycles. The molecular formula is C13H19NO2S2. The predicted octanol–water partition coefficient (Wildman–Crippen LogP) is 2.59. The molecular weight excluding hydrogens is 266 g/mol. The highest BCUT2D eigenvalue weighted by Gasteiger charge is 2.30. The van der Waals surface area contributed by atoms with Gasteiger partial charge in [0.25, 0.3) is 0 Å². The summed E-state index contributed by atoms with van der Waals surface area (Å²) >= 11 is 1.85. The lowest BCUT2D eigenvalue weighted by molar-refractivity contribution is 0.415. The zero-order chi connectivity index (χ0) is 13.2. The summed E-state index contributed by atoms with van der Waals surface area (Å²) in [6.45, 7) is 5.56. The van der Waals surface area contributed by atoms with E-state index in [1.54, 1.807) is 28.6 Å². The van der Waals surface area contributed by atoms with E-state index < -0.39 is 10.0 Å². The standard InChI is InChI=1S/C13H19NO2S2/c1-13(2)8-9-14(10-11-17-13)18(15,16)12-6-4-3-5-7-12/h3-7H,8-11H2,1-2H3. The van der Waals surface area contributed by atoms with Gasteiger partial charge < -0.3 is 0 Å². The largest absolute Gasteiger partial charge is 0.243 e. The van der Waals surface area contributed by atoms with Gasteiger partial charge in [0.2, 0.25) is 10.0 Å². The SMILES string of the molecule is CC1(C)CCN(S(=O)(=O)c2ccccc2)CCS1. The molecule has 100 valence electrons. The van der Waals surface area contributed by atoms with Gasteiger partial charge in [0.1, 0.15) is 0 Å². The third-order valence-electron chi connectivity index (χ3n) is 3.18. The summed E-state index contributed by atoms with van der Waals surface area (Å²) in [6.07, 6.45) is 0.893. The fourth-order valence-electron chi connectivity index (χ4n) is 1.98. The molecule has 18 heavy (non-hydrogen) atoms. The van der Waals surface area contributed by atoms with Crippen molar-refractivity contribution in [1.82, 2.24) is 4.31 Å². The maximum Gasteiger partial charge on any atom is 0.243 e. The first-order valence-corrected chi connectivity index (χ1v) is 8.54. The van der Waals surface area contributed by atoms with Gasteiger partial charge in [0, 0.05) is 23.6 Å². The maximum absolute atomic E-state index is 12.5. The number of hydrogen-bond acceptors (Lipinski definition) is 3. The highest BCUT2D eigenvalue weighted by Crippen LogP contribution is 2.32. The lowest BCUT2D eigenvalue weighted by atomic mass is 10.1. The van der Waals surface area contributed by atoms with Crippen molar-refractivity contribution in [2.45, 2.75) is 29.9 Å². The summed E-state index contributed by atoms with van der Waals surface area (Å²) in [5.74, 6) is 0.860. The topological polar surface area (TPSA) is 37.4 Å². The molecule has 0 atom stereocenters. The van der Waals surface area contributed by atoms with E-state index in [2.05, 4.69) is 13.8 Å². The molecule has 0 aromatic heterocycles. The molecule has 0 unspecified atom stereocenters. The van der Waals surface area contributed by atoms with Gasteiger partial charge >= 0.3 is 0 Å². The molecule has 1 aromatic rings. The van der Waals surface area contributed by atoms with Crippen LogP contribution in [0, 0.1) is 0 Å². The van der Waals surface area contributed by atoms with Gasteiger partial charge in [-0.15, -0.1) is 0 Å². The highest BCUT2D eigenvalue weighted by molar-refractivity contribution is 8.00. The molecule has 0 bridgehead atoms. The Kier molecular flexibility index (Phi) is 4.04. The van der Waals surface area contributed by atoms with Gasteiger partial charge in [0.15, 0.2) is 0 Å². The molecule has 1 aromatic carbocycles. The van der Waals surface area contributed by atoms with Crippen molar-refractivity contribution in [2.24, 2.45) is 0 Å². The van der Waals surface area contributed by atoms with Crippen molar-refractivity contribution in [1.29, 1.82) is 0 Å². The van der Waals surface area contributed by atoms with Crippen molar-refractivity contribution in [3.05, 3.63) is 30.3 Å². The van der Waals surface area contributed by atoms with Crippen molar-refractivity contribution in [3.63, 3.8) is 0 Å². The van der Waals surface area contributed by atoms with Crippen LogP contribution >= 0.6 is 11.8 Å². The second-order valence-electron chi connectivity index (χ2n) is 5.08. The average molecular weight is 285 g/mol. The fraction of sp³-hybridized carbons (Fsp3) is 0.538. The summed E-state index contributed by atoms with van der Waals surface area (Å²) in [6, 6.07) is 8.70. The monoisotopic (exact) mass is 285 g/mol. The molecule has 0 saturated carbocycles. The quantitative estimate of drug-likeness (QED) is 0.838. The number of nitrogens with zero attached hydrogens (tertiary/aromatic N) is 1. The Balaban J connectivity index is 2.21. The number of thioether (sulfide) groups is 1. The van der Waals surface area contributed by atoms with E-state index in [0.29, 0.717) is 18.0 Å². The minimum Gasteiger partial charge on any atom is -0.207 e. The molecule has 0 N–H and O–H groups in total. The number of hydrogen-bond donors (Lipinski definition) is 0. The lowest BCUT2D eigenvalue weighted by Crippen LogP contribution is -2.33. The van der Waals surface area contributed by atoms with E-state index >= 15 is 0 Å². The first-order chi connectivity index (χ1) is 8.42. The van der Waals surface area contributed by atoms with Crippen LogP contribution in [0.25, 0.3) is 0 Å². The number of rotatable bonds is 2. The molecule has 1 aliphatic heterocycles. The van der Waals surface area contributed by atoms with Crippen LogP contribution in [0.1, 0.15) is 20.3 Å². The van der Waals surface area contributed by atoms with Crippen molar-refractivity contribution < 1.29 is 8.42 Å². The third-order valence-corrected chi connectivity index (χ3v) is 6.46. The molecule has 0 radical (unpaired) electrons. The predicted molar refractivity (Wildman–Crippen MR) is 76.4 cm³/mol. The summed E-state index contributed by atoms with van der Waals surface area (Å²) in [5, 5.41) is 0. The van der Waals surface area contributed by atoms with E-state index in [1.807, 2.05) is 17.8 Å². The van der Waals surface area contributed by atoms with Crippen molar-refractivity contribution in [3.8, 4) is 0 Å². The number of sulfonamides is 1. The third kappa shape index (κ3) is 3.08. The van der Waals surface area contributed by atoms with Crippen LogP contribution in [0.15, 0.2) is 35.2 Å². The Morgan fingerprint density at radius 1 is 1.17 bits per heavy atom. The van der Waals surface area contributed by atoms with Crippen LogP contribution in [0.4, 0.5) is 0 Å². The van der Waals surface area contributed by atoms with E-state index in [-0.39, 0.29) is 4.75 Å². The van der Waals surface area contributed by atoms with Crippen LogP contribution in [0.5, 0.6) is 0 Å².